The molecule has 20 heavy (non-hydrogen) atoms. The van der Waals surface area contributed by atoms with Crippen molar-refractivity contribution in [3.8, 4) is 0 Å². The molecule has 0 saturated heterocycles. The predicted octanol–water partition coefficient (Wildman–Crippen LogP) is 2.30. The highest BCUT2D eigenvalue weighted by Crippen LogP contribution is 2.34. The Kier molecular flexibility index (Phi) is 2.81. The SMILES string of the molecule is BC(=O)N1CCc2[nH]c3ccc(C(F)(F)F)cc3c2C1. The lowest BCUT2D eigenvalue weighted by molar-refractivity contribution is -0.137. The Morgan fingerprint density at radius 2 is 2.10 bits per heavy atom. The molecule has 0 saturated carbocycles. The van der Waals surface area contributed by atoms with E-state index in [9.17, 15) is 18.0 Å². The number of H-pyrrole nitrogens is 1. The van der Waals surface area contributed by atoms with Crippen LogP contribution < -0.4 is 0 Å². The third-order valence-corrected chi connectivity index (χ3v) is 3.75. The topological polar surface area (TPSA) is 36.1 Å². The number of aromatic amines is 1. The van der Waals surface area contributed by atoms with E-state index in [-0.39, 0.29) is 5.81 Å². The molecule has 3 rings (SSSR count). The zero-order valence-corrected chi connectivity index (χ0v) is 10.8. The Labute approximate surface area is 114 Å². The number of carbonyl (C=O) groups is 1. The van der Waals surface area contributed by atoms with Crippen LogP contribution in [0.2, 0.25) is 0 Å². The van der Waals surface area contributed by atoms with Gasteiger partial charge in [0.05, 0.1) is 5.56 Å². The summed E-state index contributed by atoms with van der Waals surface area (Å²) < 4.78 is 38.4. The average molecular weight is 280 g/mol. The summed E-state index contributed by atoms with van der Waals surface area (Å²) in [7, 11) is 1.47. The normalized spacial score (nSPS) is 15.4. The van der Waals surface area contributed by atoms with Crippen molar-refractivity contribution in [2.75, 3.05) is 6.54 Å². The van der Waals surface area contributed by atoms with Crippen molar-refractivity contribution in [2.24, 2.45) is 0 Å². The van der Waals surface area contributed by atoms with Crippen molar-refractivity contribution in [3.05, 3.63) is 35.0 Å². The number of nitrogens with one attached hydrogen (secondary N) is 1. The molecule has 0 unspecified atom stereocenters. The Morgan fingerprint density at radius 3 is 2.75 bits per heavy atom. The first-order valence-electron chi connectivity index (χ1n) is 6.32. The van der Waals surface area contributed by atoms with E-state index < -0.39 is 11.7 Å². The molecule has 0 radical (unpaired) electrons. The van der Waals surface area contributed by atoms with Crippen LogP contribution in [0.1, 0.15) is 16.8 Å². The van der Waals surface area contributed by atoms with Gasteiger partial charge in [-0.1, -0.05) is 0 Å². The molecule has 1 aromatic carbocycles. The molecule has 1 N–H and O–H groups in total. The quantitative estimate of drug-likeness (QED) is 0.738. The molecule has 0 aliphatic carbocycles. The molecule has 0 fully saturated rings. The molecule has 1 aliphatic rings. The van der Waals surface area contributed by atoms with Gasteiger partial charge in [0.15, 0.2) is 5.81 Å². The lowest BCUT2D eigenvalue weighted by atomic mass is 10.00. The summed E-state index contributed by atoms with van der Waals surface area (Å²) in [5.41, 5.74) is 1.75. The van der Waals surface area contributed by atoms with E-state index in [0.717, 1.165) is 23.4 Å². The molecule has 104 valence electrons. The summed E-state index contributed by atoms with van der Waals surface area (Å²) in [5.74, 6) is -0.0584. The van der Waals surface area contributed by atoms with Crippen molar-refractivity contribution in [1.29, 1.82) is 0 Å². The third kappa shape index (κ3) is 2.07. The molecule has 1 aromatic heterocycles. The Morgan fingerprint density at radius 1 is 1.35 bits per heavy atom. The highest BCUT2D eigenvalue weighted by molar-refractivity contribution is 6.56. The molecule has 1 amide bonds. The second-order valence-electron chi connectivity index (χ2n) is 5.03. The lowest BCUT2D eigenvalue weighted by Gasteiger charge is -2.26. The number of amides is 1. The van der Waals surface area contributed by atoms with Crippen LogP contribution in [-0.2, 0) is 19.1 Å². The van der Waals surface area contributed by atoms with Gasteiger partial charge in [-0.05, 0) is 18.2 Å². The smallest absolute Gasteiger partial charge is 0.358 e. The van der Waals surface area contributed by atoms with Gasteiger partial charge in [-0.2, -0.15) is 13.2 Å². The minimum atomic E-state index is -4.35. The van der Waals surface area contributed by atoms with Gasteiger partial charge in [0.25, 0.3) is 0 Å². The molecule has 7 heteroatoms. The number of aromatic nitrogens is 1. The minimum Gasteiger partial charge on any atom is -0.358 e. The monoisotopic (exact) mass is 280 g/mol. The molecule has 0 atom stereocenters. The lowest BCUT2D eigenvalue weighted by Crippen LogP contribution is -2.34. The zero-order valence-electron chi connectivity index (χ0n) is 10.8. The van der Waals surface area contributed by atoms with Crippen molar-refractivity contribution in [2.45, 2.75) is 19.1 Å². The van der Waals surface area contributed by atoms with Crippen molar-refractivity contribution < 1.29 is 18.0 Å². The summed E-state index contributed by atoms with van der Waals surface area (Å²) in [4.78, 5) is 16.2. The van der Waals surface area contributed by atoms with E-state index in [2.05, 4.69) is 4.98 Å². The highest BCUT2D eigenvalue weighted by atomic mass is 19.4. The van der Waals surface area contributed by atoms with E-state index in [1.165, 1.54) is 13.9 Å². The number of rotatable bonds is 0. The molecule has 1 aliphatic heterocycles. The Hall–Kier alpha value is -1.92. The van der Waals surface area contributed by atoms with Gasteiger partial charge in [-0.3, -0.25) is 4.79 Å². The average Bonchev–Trinajstić information content (AvgIpc) is 2.74. The first-order chi connectivity index (χ1) is 9.36. The van der Waals surface area contributed by atoms with E-state index >= 15 is 0 Å². The van der Waals surface area contributed by atoms with Crippen LogP contribution in [0, 0.1) is 0 Å². The maximum atomic E-state index is 12.8. The fraction of sp³-hybridized carbons (Fsp3) is 0.308. The van der Waals surface area contributed by atoms with Gasteiger partial charge in [0, 0.05) is 41.7 Å². The maximum Gasteiger partial charge on any atom is 0.416 e. The van der Waals surface area contributed by atoms with Gasteiger partial charge >= 0.3 is 6.18 Å². The van der Waals surface area contributed by atoms with Crippen molar-refractivity contribution in [3.63, 3.8) is 0 Å². The van der Waals surface area contributed by atoms with Crippen LogP contribution in [0.5, 0.6) is 0 Å². The van der Waals surface area contributed by atoms with Crippen LogP contribution in [0.25, 0.3) is 10.9 Å². The third-order valence-electron chi connectivity index (χ3n) is 3.75. The summed E-state index contributed by atoms with van der Waals surface area (Å²) in [5, 5.41) is 0.556. The van der Waals surface area contributed by atoms with E-state index in [1.807, 2.05) is 0 Å². The van der Waals surface area contributed by atoms with Gasteiger partial charge in [-0.25, -0.2) is 0 Å². The second kappa shape index (κ2) is 4.29. The first kappa shape index (κ1) is 13.1. The molecule has 3 nitrogen and oxygen atoms in total. The predicted molar refractivity (Wildman–Crippen MR) is 71.4 cm³/mol. The van der Waals surface area contributed by atoms with Crippen molar-refractivity contribution in [1.82, 2.24) is 9.88 Å². The number of hydrogen-bond acceptors (Lipinski definition) is 1. The summed E-state index contributed by atoms with van der Waals surface area (Å²) in [6.45, 7) is 0.966. The maximum absolute atomic E-state index is 12.8. The number of fused-ring (bicyclic) bond motifs is 3. The fourth-order valence-electron chi connectivity index (χ4n) is 2.66. The number of hydrogen-bond donors (Lipinski definition) is 1. The number of carbonyl (C=O) groups excluding carboxylic acids is 1. The van der Waals surface area contributed by atoms with E-state index in [1.54, 1.807) is 4.90 Å². The highest BCUT2D eigenvalue weighted by Gasteiger charge is 2.31. The van der Waals surface area contributed by atoms with Crippen LogP contribution in [0.3, 0.4) is 0 Å². The summed E-state index contributed by atoms with van der Waals surface area (Å²) in [6.07, 6.45) is -3.71. The second-order valence-corrected chi connectivity index (χ2v) is 5.03. The van der Waals surface area contributed by atoms with Crippen LogP contribution >= 0.6 is 0 Å². The molecular weight excluding hydrogens is 268 g/mol. The summed E-state index contributed by atoms with van der Waals surface area (Å²) >= 11 is 0. The van der Waals surface area contributed by atoms with Gasteiger partial charge in [-0.15, -0.1) is 0 Å². The molecule has 0 spiro atoms. The van der Waals surface area contributed by atoms with Crippen molar-refractivity contribution >= 4 is 24.6 Å². The number of alkyl halides is 3. The number of benzene rings is 1. The number of nitrogens with zero attached hydrogens (tertiary/aromatic N) is 1. The standard InChI is InChI=1S/C13H12BF3N2O/c14-12(20)19-4-3-11-9(6-19)8-5-7(13(15,16)17)1-2-10(8)18-11/h1-2,5,18H,3-4,6,14H2. The molecule has 2 heterocycles. The van der Waals surface area contributed by atoms with E-state index in [4.69, 9.17) is 0 Å². The molecule has 0 bridgehead atoms. The molecular formula is C13H12BF3N2O. The van der Waals surface area contributed by atoms with E-state index in [0.29, 0.717) is 30.4 Å². The van der Waals surface area contributed by atoms with Crippen LogP contribution in [-0.4, -0.2) is 30.1 Å². The van der Waals surface area contributed by atoms with Gasteiger partial charge < -0.3 is 9.88 Å². The van der Waals surface area contributed by atoms with Gasteiger partial charge in [0.1, 0.15) is 0 Å². The molecule has 2 aromatic rings. The van der Waals surface area contributed by atoms with Gasteiger partial charge in [0.2, 0.25) is 7.85 Å². The van der Waals surface area contributed by atoms with Crippen LogP contribution in [0.4, 0.5) is 18.0 Å². The zero-order chi connectivity index (χ0) is 14.5. The largest absolute Gasteiger partial charge is 0.416 e. The Balaban J connectivity index is 2.11. The summed E-state index contributed by atoms with van der Waals surface area (Å²) in [6, 6.07) is 3.69. The Bertz CT molecular complexity index is 693. The minimum absolute atomic E-state index is 0.0584. The van der Waals surface area contributed by atoms with Crippen LogP contribution in [0.15, 0.2) is 18.2 Å². The first-order valence-corrected chi connectivity index (χ1v) is 6.32. The number of halogens is 3. The fourth-order valence-corrected chi connectivity index (χ4v) is 2.66.